The maximum atomic E-state index is 13.4. The summed E-state index contributed by atoms with van der Waals surface area (Å²) in [6, 6.07) is 1.56. The van der Waals surface area contributed by atoms with Gasteiger partial charge in [-0.1, -0.05) is 0 Å². The molecule has 0 unspecified atom stereocenters. The Hall–Kier alpha value is -2.98. The lowest BCUT2D eigenvalue weighted by atomic mass is 9.99. The number of hydrogen-bond donors (Lipinski definition) is 1. The fourth-order valence-corrected chi connectivity index (χ4v) is 2.69. The predicted octanol–water partition coefficient (Wildman–Crippen LogP) is 2.35. The van der Waals surface area contributed by atoms with Gasteiger partial charge >= 0.3 is 18.2 Å². The molecular formula is C17H19F3N2O6. The van der Waals surface area contributed by atoms with Gasteiger partial charge in [0.1, 0.15) is 5.75 Å². The summed E-state index contributed by atoms with van der Waals surface area (Å²) in [5, 5.41) is 2.38. The van der Waals surface area contributed by atoms with E-state index in [2.05, 4.69) is 14.8 Å². The summed E-state index contributed by atoms with van der Waals surface area (Å²) in [6.45, 7) is 2.68. The van der Waals surface area contributed by atoms with Crippen LogP contribution in [-0.4, -0.2) is 50.9 Å². The number of amides is 2. The van der Waals surface area contributed by atoms with Crippen LogP contribution in [0.3, 0.4) is 0 Å². The normalized spacial score (nSPS) is 15.4. The Labute approximate surface area is 158 Å². The average Bonchev–Trinajstić information content (AvgIpc) is 2.62. The lowest BCUT2D eigenvalue weighted by Crippen LogP contribution is -2.54. The summed E-state index contributed by atoms with van der Waals surface area (Å²) in [4.78, 5) is 36.9. The fourth-order valence-electron chi connectivity index (χ4n) is 2.69. The van der Waals surface area contributed by atoms with Crippen molar-refractivity contribution in [3.63, 3.8) is 0 Å². The van der Waals surface area contributed by atoms with Crippen LogP contribution in [0.5, 0.6) is 5.75 Å². The van der Waals surface area contributed by atoms with Crippen molar-refractivity contribution in [3.05, 3.63) is 23.3 Å². The smallest absolute Gasteiger partial charge is 0.417 e. The number of carbonyl (C=O) groups is 3. The number of fused-ring (bicyclic) bond motifs is 1. The van der Waals surface area contributed by atoms with Crippen LogP contribution in [-0.2, 0) is 20.4 Å². The molecule has 0 spiro atoms. The summed E-state index contributed by atoms with van der Waals surface area (Å²) in [6.07, 6.45) is -5.58. The van der Waals surface area contributed by atoms with Gasteiger partial charge in [0.05, 0.1) is 31.0 Å². The zero-order valence-corrected chi connectivity index (χ0v) is 15.6. The number of alkyl halides is 3. The van der Waals surface area contributed by atoms with E-state index in [1.807, 2.05) is 0 Å². The van der Waals surface area contributed by atoms with Crippen LogP contribution in [0, 0.1) is 0 Å². The van der Waals surface area contributed by atoms with Gasteiger partial charge in [-0.05, 0) is 26.0 Å². The molecule has 2 amide bonds. The molecule has 0 saturated heterocycles. The maximum absolute atomic E-state index is 13.4. The van der Waals surface area contributed by atoms with Gasteiger partial charge in [-0.15, -0.1) is 0 Å². The molecule has 28 heavy (non-hydrogen) atoms. The molecule has 1 aliphatic rings. The standard InChI is InChI=1S/C17H19F3N2O6/c1-16(2)14(24)22(6-5-21-15(25)27-4)11-7-9(13(23)26-3)10(17(18,19)20)8-12(11)28-16/h7-8H,5-6H2,1-4H3,(H,21,25). The third-order valence-corrected chi connectivity index (χ3v) is 4.02. The maximum Gasteiger partial charge on any atom is 0.417 e. The number of halogens is 3. The molecule has 0 atom stereocenters. The van der Waals surface area contributed by atoms with Crippen LogP contribution in [0.2, 0.25) is 0 Å². The van der Waals surface area contributed by atoms with E-state index in [0.717, 1.165) is 25.2 Å². The molecule has 0 aliphatic carbocycles. The minimum atomic E-state index is -4.84. The zero-order valence-electron chi connectivity index (χ0n) is 15.6. The Morgan fingerprint density at radius 1 is 1.21 bits per heavy atom. The number of esters is 1. The van der Waals surface area contributed by atoms with Gasteiger partial charge in [-0.3, -0.25) is 4.79 Å². The van der Waals surface area contributed by atoms with Gasteiger partial charge in [0.25, 0.3) is 5.91 Å². The Morgan fingerprint density at radius 3 is 2.39 bits per heavy atom. The molecule has 1 heterocycles. The third kappa shape index (κ3) is 4.12. The van der Waals surface area contributed by atoms with Crippen LogP contribution < -0.4 is 15.0 Å². The van der Waals surface area contributed by atoms with E-state index >= 15 is 0 Å². The SMILES string of the molecule is COC(=O)NCCN1C(=O)C(C)(C)Oc2cc(C(F)(F)F)c(C(=O)OC)cc21. The molecule has 0 fully saturated rings. The average molecular weight is 404 g/mol. The molecule has 0 radical (unpaired) electrons. The molecular weight excluding hydrogens is 385 g/mol. The number of benzene rings is 1. The molecule has 2 rings (SSSR count). The lowest BCUT2D eigenvalue weighted by molar-refractivity contribution is -0.138. The van der Waals surface area contributed by atoms with E-state index in [0.29, 0.717) is 6.07 Å². The predicted molar refractivity (Wildman–Crippen MR) is 90.3 cm³/mol. The second-order valence-corrected chi connectivity index (χ2v) is 6.34. The molecule has 11 heteroatoms. The zero-order chi connectivity index (χ0) is 21.3. The molecule has 1 aromatic carbocycles. The van der Waals surface area contributed by atoms with Crippen LogP contribution >= 0.6 is 0 Å². The Morgan fingerprint density at radius 2 is 1.86 bits per heavy atom. The largest absolute Gasteiger partial charge is 0.476 e. The van der Waals surface area contributed by atoms with E-state index in [9.17, 15) is 27.6 Å². The number of carbonyl (C=O) groups excluding carboxylic acids is 3. The molecule has 1 aliphatic heterocycles. The number of ether oxygens (including phenoxy) is 3. The molecule has 0 saturated carbocycles. The van der Waals surface area contributed by atoms with E-state index in [-0.39, 0.29) is 24.5 Å². The van der Waals surface area contributed by atoms with Crippen molar-refractivity contribution in [3.8, 4) is 5.75 Å². The first kappa shape index (κ1) is 21.3. The number of methoxy groups -OCH3 is 2. The van der Waals surface area contributed by atoms with E-state index in [1.165, 1.54) is 13.8 Å². The van der Waals surface area contributed by atoms with Crippen LogP contribution in [0.1, 0.15) is 29.8 Å². The molecule has 1 aromatic rings. The summed E-state index contributed by atoms with van der Waals surface area (Å²) in [5.74, 6) is -1.98. The first-order valence-corrected chi connectivity index (χ1v) is 8.08. The third-order valence-electron chi connectivity index (χ3n) is 4.02. The van der Waals surface area contributed by atoms with Gasteiger partial charge in [-0.25, -0.2) is 9.59 Å². The summed E-state index contributed by atoms with van der Waals surface area (Å²) >= 11 is 0. The molecule has 154 valence electrons. The minimum absolute atomic E-state index is 0.0376. The Kier molecular flexibility index (Phi) is 5.76. The highest BCUT2D eigenvalue weighted by Crippen LogP contribution is 2.43. The van der Waals surface area contributed by atoms with Crippen LogP contribution in [0.25, 0.3) is 0 Å². The minimum Gasteiger partial charge on any atom is -0.476 e. The molecule has 0 bridgehead atoms. The van der Waals surface area contributed by atoms with E-state index < -0.39 is 40.9 Å². The lowest BCUT2D eigenvalue weighted by Gasteiger charge is -2.39. The highest BCUT2D eigenvalue weighted by molar-refractivity contribution is 6.04. The molecule has 0 aromatic heterocycles. The van der Waals surface area contributed by atoms with Crippen LogP contribution in [0.15, 0.2) is 12.1 Å². The van der Waals surface area contributed by atoms with Gasteiger partial charge in [0.15, 0.2) is 5.60 Å². The van der Waals surface area contributed by atoms with Crippen molar-refractivity contribution < 1.29 is 41.8 Å². The highest BCUT2D eigenvalue weighted by Gasteiger charge is 2.44. The number of nitrogens with one attached hydrogen (secondary N) is 1. The van der Waals surface area contributed by atoms with Crippen molar-refractivity contribution in [1.29, 1.82) is 0 Å². The fraction of sp³-hybridized carbons (Fsp3) is 0.471. The monoisotopic (exact) mass is 404 g/mol. The van der Waals surface area contributed by atoms with Crippen molar-refractivity contribution in [2.45, 2.75) is 25.6 Å². The Balaban J connectivity index is 2.54. The van der Waals surface area contributed by atoms with Gasteiger partial charge in [0.2, 0.25) is 0 Å². The number of anilines is 1. The quantitative estimate of drug-likeness (QED) is 0.775. The van der Waals surface area contributed by atoms with E-state index in [4.69, 9.17) is 4.74 Å². The van der Waals surface area contributed by atoms with E-state index in [1.54, 1.807) is 0 Å². The van der Waals surface area contributed by atoms with Crippen molar-refractivity contribution >= 4 is 23.7 Å². The molecule has 1 N–H and O–H groups in total. The van der Waals surface area contributed by atoms with Crippen LogP contribution in [0.4, 0.5) is 23.7 Å². The number of alkyl carbamates (subject to hydrolysis) is 1. The van der Waals surface area contributed by atoms with Crippen molar-refractivity contribution in [1.82, 2.24) is 5.32 Å². The second kappa shape index (κ2) is 7.56. The molecule has 8 nitrogen and oxygen atoms in total. The van der Waals surface area contributed by atoms with Crippen molar-refractivity contribution in [2.24, 2.45) is 0 Å². The summed E-state index contributed by atoms with van der Waals surface area (Å²) in [5.41, 5.74) is -3.48. The number of hydrogen-bond acceptors (Lipinski definition) is 6. The number of rotatable bonds is 4. The van der Waals surface area contributed by atoms with Gasteiger partial charge in [0, 0.05) is 13.1 Å². The first-order valence-electron chi connectivity index (χ1n) is 8.08. The first-order chi connectivity index (χ1) is 12.9. The topological polar surface area (TPSA) is 94.2 Å². The highest BCUT2D eigenvalue weighted by atomic mass is 19.4. The summed E-state index contributed by atoms with van der Waals surface area (Å²) in [7, 11) is 2.11. The summed E-state index contributed by atoms with van der Waals surface area (Å²) < 4.78 is 54.5. The second-order valence-electron chi connectivity index (χ2n) is 6.34. The van der Waals surface area contributed by atoms with Crippen molar-refractivity contribution in [2.75, 3.05) is 32.2 Å². The Bertz CT molecular complexity index is 807. The number of nitrogens with zero attached hydrogens (tertiary/aromatic N) is 1. The van der Waals surface area contributed by atoms with Gasteiger partial charge < -0.3 is 24.4 Å². The van der Waals surface area contributed by atoms with Gasteiger partial charge in [-0.2, -0.15) is 13.2 Å².